The van der Waals surface area contributed by atoms with E-state index >= 15 is 18.0 Å². The molecule has 2 fully saturated rings. The highest BCUT2D eigenvalue weighted by molar-refractivity contribution is 6.42. The van der Waals surface area contributed by atoms with E-state index in [9.17, 15) is 33.7 Å². The van der Waals surface area contributed by atoms with Crippen LogP contribution < -0.4 is 32.4 Å². The molecule has 462 valence electrons. The molecule has 0 saturated carbocycles. The zero-order valence-corrected chi connectivity index (χ0v) is 52.4. The second-order valence-electron chi connectivity index (χ2n) is 21.9. The normalized spacial score (nSPS) is 13.8. The summed E-state index contributed by atoms with van der Waals surface area (Å²) in [5.74, 6) is -10.0. The minimum atomic E-state index is -1.94. The van der Waals surface area contributed by atoms with Crippen LogP contribution in [0.15, 0.2) is 58.8 Å². The van der Waals surface area contributed by atoms with Crippen molar-refractivity contribution in [2.24, 2.45) is 0 Å². The minimum absolute atomic E-state index is 0.0389. The summed E-state index contributed by atoms with van der Waals surface area (Å²) in [7, 11) is 0. The summed E-state index contributed by atoms with van der Waals surface area (Å²) >= 11 is 32.8. The van der Waals surface area contributed by atoms with Crippen molar-refractivity contribution < 1.29 is 31.5 Å². The molecule has 8 heterocycles. The second kappa shape index (κ2) is 24.9. The largest absolute Gasteiger partial charge is 0.397 e. The molecule has 8 aromatic rings. The van der Waals surface area contributed by atoms with E-state index in [1.165, 1.54) is 39.8 Å². The molecule has 28 heteroatoms. The average Bonchev–Trinajstić information content (AvgIpc) is 0.731. The van der Waals surface area contributed by atoms with Gasteiger partial charge in [0.05, 0.1) is 88.2 Å². The molecule has 2 amide bonds. The highest BCUT2D eigenvalue weighted by atomic mass is 35.5. The Kier molecular flexibility index (Phi) is 17.7. The molecule has 0 radical (unpaired) electrons. The third-order valence-corrected chi connectivity index (χ3v) is 17.5. The standard InChI is InChI=1S/C62H50Cl5F5N14O4/c1-8-37(87)81-13-17-83(18-14-81)57-31-22-35(63)53(39-41(65)45(69)48(72)50(76)42(39)66)79-59(31)86(62(90)34(57)25-74)56-29(7)21-30(78-52(56)27(4)5)9-10-38(88)82-15-19-84(20-16-82)58-32-23-36(64)54(40-44(68)47(71)46(70)43(67)49(40)75)80-60(32)85(61(89)33(58)24-73)55-28(6)11-12-77-51(55)26(2)3/h8-12,21-23,26-27H,1,13-20,75-76H2,2-7H3/b10-9-. The summed E-state index contributed by atoms with van der Waals surface area (Å²) in [5, 5.41) is 19.2. The topological polar surface area (TPSA) is 242 Å². The van der Waals surface area contributed by atoms with Crippen LogP contribution in [0.1, 0.15) is 78.9 Å². The fourth-order valence-corrected chi connectivity index (χ4v) is 12.6. The fourth-order valence-electron chi connectivity index (χ4n) is 11.4. The highest BCUT2D eigenvalue weighted by Gasteiger charge is 2.35. The Morgan fingerprint density at radius 2 is 1.08 bits per heavy atom. The summed E-state index contributed by atoms with van der Waals surface area (Å²) in [6.45, 7) is 15.1. The number of aromatic nitrogens is 6. The van der Waals surface area contributed by atoms with Gasteiger partial charge in [-0.3, -0.25) is 38.3 Å². The van der Waals surface area contributed by atoms with E-state index in [1.807, 2.05) is 13.8 Å². The van der Waals surface area contributed by atoms with Gasteiger partial charge in [0.25, 0.3) is 11.1 Å². The van der Waals surface area contributed by atoms with Gasteiger partial charge < -0.3 is 31.1 Å². The van der Waals surface area contributed by atoms with Crippen LogP contribution in [-0.2, 0) is 9.59 Å². The van der Waals surface area contributed by atoms with Crippen molar-refractivity contribution in [3.63, 3.8) is 0 Å². The molecular formula is C62H50Cl5F5N14O4. The monoisotopic (exact) mass is 1320 g/mol. The van der Waals surface area contributed by atoms with Gasteiger partial charge in [-0.1, -0.05) is 92.3 Å². The second-order valence-corrected chi connectivity index (χ2v) is 23.8. The number of halogens is 10. The molecule has 2 aliphatic rings. The van der Waals surface area contributed by atoms with Gasteiger partial charge in [0.2, 0.25) is 11.8 Å². The Balaban J connectivity index is 1.03. The van der Waals surface area contributed by atoms with E-state index in [4.69, 9.17) is 79.4 Å². The summed E-state index contributed by atoms with van der Waals surface area (Å²) < 4.78 is 78.1. The zero-order chi connectivity index (χ0) is 65.4. The van der Waals surface area contributed by atoms with Crippen LogP contribution in [0.5, 0.6) is 0 Å². The number of fused-ring (bicyclic) bond motifs is 2. The number of nitrogens with zero attached hydrogens (tertiary/aromatic N) is 12. The van der Waals surface area contributed by atoms with E-state index in [-0.39, 0.29) is 147 Å². The molecule has 90 heavy (non-hydrogen) atoms. The molecule has 18 nitrogen and oxygen atoms in total. The van der Waals surface area contributed by atoms with Crippen LogP contribution in [0, 0.1) is 65.6 Å². The van der Waals surface area contributed by atoms with Gasteiger partial charge >= 0.3 is 0 Å². The van der Waals surface area contributed by atoms with Crippen molar-refractivity contribution in [1.82, 2.24) is 38.9 Å². The number of rotatable bonds is 11. The third-order valence-electron chi connectivity index (χ3n) is 15.8. The lowest BCUT2D eigenvalue weighted by Crippen LogP contribution is -2.49. The number of anilines is 4. The predicted octanol–water partition coefficient (Wildman–Crippen LogP) is 12.1. The van der Waals surface area contributed by atoms with Crippen molar-refractivity contribution in [2.45, 2.75) is 53.4 Å². The molecule has 2 aliphatic heterocycles. The first-order valence-electron chi connectivity index (χ1n) is 27.7. The van der Waals surface area contributed by atoms with Gasteiger partial charge in [-0.15, -0.1) is 0 Å². The minimum Gasteiger partial charge on any atom is -0.397 e. The third kappa shape index (κ3) is 10.7. The quantitative estimate of drug-likeness (QED) is 0.0402. The fraction of sp³-hybridized carbons (Fsp3) is 0.258. The molecule has 0 unspecified atom stereocenters. The SMILES string of the molecule is C=CC(=O)N1CCN(c2c(C#N)c(=O)n(-c3c(C)cc(/C=C\C(=O)N4CCN(c5c(C#N)c(=O)n(-c6c(C)ccnc6C(C)C)c6nc(-c7c(N)c(Cl)c(F)c(F)c7F)c(Cl)cc56)CC4)nc3C(C)C)c3nc(-c4c(Cl)c(N)c(F)c(F)c4Cl)c(Cl)cc23)CC1. The number of hydrogen-bond acceptors (Lipinski definition) is 14. The van der Waals surface area contributed by atoms with Crippen LogP contribution in [0.25, 0.3) is 62.0 Å². The lowest BCUT2D eigenvalue weighted by atomic mass is 10.0. The first kappa shape index (κ1) is 64.2. The van der Waals surface area contributed by atoms with E-state index < -0.39 is 89.7 Å². The van der Waals surface area contributed by atoms with E-state index in [2.05, 4.69) is 28.7 Å². The average molecular weight is 1330 g/mol. The number of aryl methyl sites for hydroxylation is 2. The molecule has 2 aromatic carbocycles. The first-order chi connectivity index (χ1) is 42.7. The number of hydrogen-bond donors (Lipinski definition) is 2. The van der Waals surface area contributed by atoms with Crippen LogP contribution in [0.3, 0.4) is 0 Å². The summed E-state index contributed by atoms with van der Waals surface area (Å²) in [6, 6.07) is 10.1. The molecule has 2 saturated heterocycles. The maximum Gasteiger partial charge on any atom is 0.276 e. The van der Waals surface area contributed by atoms with Crippen molar-refractivity contribution >= 4 is 121 Å². The van der Waals surface area contributed by atoms with Crippen molar-refractivity contribution in [1.29, 1.82) is 10.5 Å². The van der Waals surface area contributed by atoms with Crippen molar-refractivity contribution in [3.8, 4) is 46.0 Å². The zero-order valence-electron chi connectivity index (χ0n) is 48.6. The lowest BCUT2D eigenvalue weighted by molar-refractivity contribution is -0.127. The van der Waals surface area contributed by atoms with Gasteiger partial charge in [0.1, 0.15) is 39.6 Å². The van der Waals surface area contributed by atoms with Crippen LogP contribution in [0.4, 0.5) is 44.7 Å². The number of nitrogen functional groups attached to an aromatic ring is 2. The maximum absolute atomic E-state index is 15.8. The first-order valence-corrected chi connectivity index (χ1v) is 29.6. The van der Waals surface area contributed by atoms with Crippen LogP contribution in [0.2, 0.25) is 25.1 Å². The lowest BCUT2D eigenvalue weighted by Gasteiger charge is -2.36. The van der Waals surface area contributed by atoms with Gasteiger partial charge in [-0.25, -0.2) is 31.9 Å². The van der Waals surface area contributed by atoms with Crippen molar-refractivity contribution in [3.05, 3.63) is 163 Å². The smallest absolute Gasteiger partial charge is 0.276 e. The van der Waals surface area contributed by atoms with Crippen LogP contribution >= 0.6 is 58.0 Å². The molecule has 0 spiro atoms. The molecular weight excluding hydrogens is 1280 g/mol. The van der Waals surface area contributed by atoms with E-state index in [0.717, 1.165) is 4.57 Å². The predicted molar refractivity (Wildman–Crippen MR) is 339 cm³/mol. The molecule has 10 rings (SSSR count). The Morgan fingerprint density at radius 3 is 1.57 bits per heavy atom. The number of piperazine rings is 2. The van der Waals surface area contributed by atoms with Gasteiger partial charge in [0.15, 0.2) is 29.1 Å². The number of carbonyl (C=O) groups is 2. The number of pyridine rings is 6. The van der Waals surface area contributed by atoms with E-state index in [1.54, 1.807) is 60.7 Å². The summed E-state index contributed by atoms with van der Waals surface area (Å²) in [4.78, 5) is 82.4. The number of amides is 2. The van der Waals surface area contributed by atoms with Gasteiger partial charge in [-0.05, 0) is 73.2 Å². The number of nitriles is 2. The summed E-state index contributed by atoms with van der Waals surface area (Å²) in [5.41, 5.74) is 8.45. The number of carbonyl (C=O) groups excluding carboxylic acids is 2. The molecule has 6 aromatic heterocycles. The van der Waals surface area contributed by atoms with Gasteiger partial charge in [-0.2, -0.15) is 10.5 Å². The van der Waals surface area contributed by atoms with Gasteiger partial charge in [0, 0.05) is 81.0 Å². The molecule has 0 atom stereocenters. The molecule has 4 N–H and O–H groups in total. The number of benzene rings is 2. The van der Waals surface area contributed by atoms with Crippen molar-refractivity contribution in [2.75, 3.05) is 73.6 Å². The molecule has 0 aliphatic carbocycles. The Hall–Kier alpha value is -8.84. The number of nitrogens with two attached hydrogens (primary N) is 2. The highest BCUT2D eigenvalue weighted by Crippen LogP contribution is 2.47. The Bertz CT molecular complexity index is 4640. The van der Waals surface area contributed by atoms with Crippen LogP contribution in [-0.4, -0.2) is 103 Å². The van der Waals surface area contributed by atoms with E-state index in [0.29, 0.717) is 22.5 Å². The maximum atomic E-state index is 15.8. The Labute approximate surface area is 535 Å². The summed E-state index contributed by atoms with van der Waals surface area (Å²) in [6.07, 6.45) is 5.50. The molecule has 0 bridgehead atoms. The Morgan fingerprint density at radius 1 is 0.600 bits per heavy atom.